The first-order valence-corrected chi connectivity index (χ1v) is 4.98. The first-order chi connectivity index (χ1) is 7.59. The van der Waals surface area contributed by atoms with Gasteiger partial charge in [0.1, 0.15) is 6.04 Å². The van der Waals surface area contributed by atoms with E-state index in [4.69, 9.17) is 5.73 Å². The molecule has 1 aromatic carbocycles. The van der Waals surface area contributed by atoms with Crippen LogP contribution in [-0.4, -0.2) is 34.9 Å². The quantitative estimate of drug-likeness (QED) is 0.794. The number of fused-ring (bicyclic) bond motifs is 1. The lowest BCUT2D eigenvalue weighted by molar-refractivity contribution is -0.122. The molecule has 5 heteroatoms. The third-order valence-electron chi connectivity index (χ3n) is 2.55. The van der Waals surface area contributed by atoms with Crippen LogP contribution in [0.5, 0.6) is 0 Å². The van der Waals surface area contributed by atoms with Crippen LogP contribution < -0.4 is 5.73 Å². The van der Waals surface area contributed by atoms with Crippen molar-refractivity contribution in [3.63, 3.8) is 0 Å². The summed E-state index contributed by atoms with van der Waals surface area (Å²) in [7, 11) is 3.65. The van der Waals surface area contributed by atoms with Crippen molar-refractivity contribution in [1.82, 2.24) is 14.9 Å². The molecule has 0 aliphatic carbocycles. The Kier molecular flexibility index (Phi) is 2.62. The van der Waals surface area contributed by atoms with Gasteiger partial charge in [0.05, 0.1) is 17.4 Å². The van der Waals surface area contributed by atoms with Crippen LogP contribution in [0.3, 0.4) is 0 Å². The standard InChI is InChI=1S/C11H14N4O/c1-15(2)10(11(12)16)7-3-4-8-9(5-7)14-6-13-8/h3-6,10H,1-2H3,(H2,12,16)(H,13,14). The largest absolute Gasteiger partial charge is 0.368 e. The topological polar surface area (TPSA) is 75.0 Å². The Morgan fingerprint density at radius 2 is 2.25 bits per heavy atom. The summed E-state index contributed by atoms with van der Waals surface area (Å²) < 4.78 is 0. The van der Waals surface area contributed by atoms with Crippen molar-refractivity contribution in [3.8, 4) is 0 Å². The summed E-state index contributed by atoms with van der Waals surface area (Å²) in [5, 5.41) is 0. The first kappa shape index (κ1) is 10.6. The highest BCUT2D eigenvalue weighted by molar-refractivity contribution is 5.83. The number of H-pyrrole nitrogens is 1. The molecule has 1 heterocycles. The minimum absolute atomic E-state index is 0.358. The molecule has 0 aliphatic rings. The van der Waals surface area contributed by atoms with Gasteiger partial charge in [-0.2, -0.15) is 0 Å². The second-order valence-electron chi connectivity index (χ2n) is 3.95. The van der Waals surface area contributed by atoms with E-state index in [9.17, 15) is 4.79 Å². The lowest BCUT2D eigenvalue weighted by Gasteiger charge is -2.21. The smallest absolute Gasteiger partial charge is 0.239 e. The first-order valence-electron chi connectivity index (χ1n) is 4.98. The van der Waals surface area contributed by atoms with Gasteiger partial charge >= 0.3 is 0 Å². The minimum atomic E-state index is -0.410. The van der Waals surface area contributed by atoms with E-state index in [0.717, 1.165) is 16.6 Å². The number of aromatic nitrogens is 2. The number of carbonyl (C=O) groups is 1. The Bertz CT molecular complexity index is 517. The Labute approximate surface area is 93.3 Å². The number of benzene rings is 1. The highest BCUT2D eigenvalue weighted by Crippen LogP contribution is 2.21. The maximum absolute atomic E-state index is 11.4. The van der Waals surface area contributed by atoms with Crippen LogP contribution in [0.4, 0.5) is 0 Å². The molecule has 2 aromatic rings. The number of hydrogen-bond donors (Lipinski definition) is 2. The zero-order chi connectivity index (χ0) is 11.7. The van der Waals surface area contributed by atoms with Crippen LogP contribution >= 0.6 is 0 Å². The van der Waals surface area contributed by atoms with Crippen molar-refractivity contribution < 1.29 is 4.79 Å². The summed E-state index contributed by atoms with van der Waals surface area (Å²) in [5.74, 6) is -0.358. The maximum atomic E-state index is 11.4. The van der Waals surface area contributed by atoms with Crippen molar-refractivity contribution in [2.75, 3.05) is 14.1 Å². The monoisotopic (exact) mass is 218 g/mol. The Morgan fingerprint density at radius 1 is 1.50 bits per heavy atom. The van der Waals surface area contributed by atoms with Crippen LogP contribution in [0, 0.1) is 0 Å². The average molecular weight is 218 g/mol. The molecule has 3 N–H and O–H groups in total. The molecule has 1 aromatic heterocycles. The summed E-state index contributed by atoms with van der Waals surface area (Å²) in [4.78, 5) is 20.3. The molecular formula is C11H14N4O. The van der Waals surface area contributed by atoms with Gasteiger partial charge in [0.2, 0.25) is 5.91 Å². The van der Waals surface area contributed by atoms with Crippen molar-refractivity contribution in [2.24, 2.45) is 5.73 Å². The third kappa shape index (κ3) is 1.77. The van der Waals surface area contributed by atoms with Crippen molar-refractivity contribution in [1.29, 1.82) is 0 Å². The normalized spacial score (nSPS) is 13.2. The Morgan fingerprint density at radius 3 is 2.88 bits per heavy atom. The third-order valence-corrected chi connectivity index (χ3v) is 2.55. The van der Waals surface area contributed by atoms with Gasteiger partial charge in [0.15, 0.2) is 0 Å². The number of likely N-dealkylation sites (N-methyl/N-ethyl adjacent to an activating group) is 1. The van der Waals surface area contributed by atoms with Crippen molar-refractivity contribution >= 4 is 16.9 Å². The zero-order valence-electron chi connectivity index (χ0n) is 9.27. The van der Waals surface area contributed by atoms with Crippen LogP contribution in [0.1, 0.15) is 11.6 Å². The number of imidazole rings is 1. The lowest BCUT2D eigenvalue weighted by Crippen LogP contribution is -2.32. The fourth-order valence-electron chi connectivity index (χ4n) is 1.84. The predicted octanol–water partition coefficient (Wildman–Crippen LogP) is 0.651. The SMILES string of the molecule is CN(C)C(C(N)=O)c1ccc2nc[nH]c2c1. The molecule has 1 amide bonds. The molecule has 1 unspecified atom stereocenters. The number of aromatic amines is 1. The van der Waals surface area contributed by atoms with E-state index in [-0.39, 0.29) is 5.91 Å². The second kappa shape index (κ2) is 3.94. The highest BCUT2D eigenvalue weighted by atomic mass is 16.1. The van der Waals surface area contributed by atoms with Gasteiger partial charge in [-0.3, -0.25) is 9.69 Å². The average Bonchev–Trinajstić information content (AvgIpc) is 2.63. The highest BCUT2D eigenvalue weighted by Gasteiger charge is 2.20. The summed E-state index contributed by atoms with van der Waals surface area (Å²) in [5.41, 5.74) is 8.04. The second-order valence-corrected chi connectivity index (χ2v) is 3.95. The molecule has 0 radical (unpaired) electrons. The number of amides is 1. The van der Waals surface area contributed by atoms with Crippen LogP contribution in [0.25, 0.3) is 11.0 Å². The molecule has 0 bridgehead atoms. The predicted molar refractivity (Wildman–Crippen MR) is 61.7 cm³/mol. The number of carbonyl (C=O) groups excluding carboxylic acids is 1. The van der Waals surface area contributed by atoms with Gasteiger partial charge < -0.3 is 10.7 Å². The molecule has 0 aliphatic heterocycles. The number of primary amides is 1. The van der Waals surface area contributed by atoms with Crippen LogP contribution in [0.2, 0.25) is 0 Å². The molecule has 84 valence electrons. The Balaban J connectivity index is 2.48. The van der Waals surface area contributed by atoms with Crippen LogP contribution in [-0.2, 0) is 4.79 Å². The molecule has 0 saturated carbocycles. The van der Waals surface area contributed by atoms with Gasteiger partial charge in [-0.25, -0.2) is 4.98 Å². The molecule has 16 heavy (non-hydrogen) atoms. The van der Waals surface area contributed by atoms with E-state index in [1.165, 1.54) is 0 Å². The number of nitrogens with zero attached hydrogens (tertiary/aromatic N) is 2. The lowest BCUT2D eigenvalue weighted by atomic mass is 10.0. The number of nitrogens with one attached hydrogen (secondary N) is 1. The molecule has 0 spiro atoms. The van der Waals surface area contributed by atoms with E-state index >= 15 is 0 Å². The maximum Gasteiger partial charge on any atom is 0.239 e. The van der Waals surface area contributed by atoms with E-state index in [0.29, 0.717) is 0 Å². The van der Waals surface area contributed by atoms with Gasteiger partial charge in [-0.15, -0.1) is 0 Å². The molecule has 0 fully saturated rings. The number of nitrogens with two attached hydrogens (primary N) is 1. The number of rotatable bonds is 3. The van der Waals surface area contributed by atoms with Crippen LogP contribution in [0.15, 0.2) is 24.5 Å². The minimum Gasteiger partial charge on any atom is -0.368 e. The van der Waals surface area contributed by atoms with Crippen molar-refractivity contribution in [3.05, 3.63) is 30.1 Å². The van der Waals surface area contributed by atoms with E-state index < -0.39 is 6.04 Å². The number of hydrogen-bond acceptors (Lipinski definition) is 3. The summed E-state index contributed by atoms with van der Waals surface area (Å²) >= 11 is 0. The summed E-state index contributed by atoms with van der Waals surface area (Å²) in [6.07, 6.45) is 1.63. The van der Waals surface area contributed by atoms with E-state index in [1.54, 1.807) is 11.2 Å². The molecule has 2 rings (SSSR count). The fraction of sp³-hybridized carbons (Fsp3) is 0.273. The van der Waals surface area contributed by atoms with Gasteiger partial charge in [0, 0.05) is 0 Å². The Hall–Kier alpha value is -1.88. The zero-order valence-corrected chi connectivity index (χ0v) is 9.27. The summed E-state index contributed by atoms with van der Waals surface area (Å²) in [6.45, 7) is 0. The van der Waals surface area contributed by atoms with Crippen molar-refractivity contribution in [2.45, 2.75) is 6.04 Å². The van der Waals surface area contributed by atoms with E-state index in [2.05, 4.69) is 9.97 Å². The van der Waals surface area contributed by atoms with Gasteiger partial charge in [-0.05, 0) is 31.8 Å². The summed E-state index contributed by atoms with van der Waals surface area (Å²) in [6, 6.07) is 5.24. The molecular weight excluding hydrogens is 204 g/mol. The molecule has 0 saturated heterocycles. The molecule has 1 atom stereocenters. The van der Waals surface area contributed by atoms with E-state index in [1.807, 2.05) is 32.3 Å². The van der Waals surface area contributed by atoms with Gasteiger partial charge in [0.25, 0.3) is 0 Å². The fourth-order valence-corrected chi connectivity index (χ4v) is 1.84. The molecule has 5 nitrogen and oxygen atoms in total. The van der Waals surface area contributed by atoms with Gasteiger partial charge in [-0.1, -0.05) is 6.07 Å².